The first kappa shape index (κ1) is 25.3. The van der Waals surface area contributed by atoms with E-state index in [1.165, 1.54) is 29.6 Å². The second kappa shape index (κ2) is 14.3. The Hall–Kier alpha value is -1.72. The fraction of sp³-hybridized carbons (Fsp3) is 0.286. The van der Waals surface area contributed by atoms with Crippen LogP contribution in [0.2, 0.25) is 0 Å². The molecule has 148 valence electrons. The van der Waals surface area contributed by atoms with Crippen LogP contribution in [0.5, 0.6) is 0 Å². The fourth-order valence-electron chi connectivity index (χ4n) is 2.97. The second-order valence-electron chi connectivity index (χ2n) is 7.95. The van der Waals surface area contributed by atoms with Gasteiger partial charge in [-0.05, 0) is 0 Å². The maximum atomic E-state index is 3.65. The summed E-state index contributed by atoms with van der Waals surface area (Å²) in [4.78, 5) is 0. The molecule has 3 aromatic rings. The number of rotatable bonds is 1. The first-order chi connectivity index (χ1) is 13.5. The summed E-state index contributed by atoms with van der Waals surface area (Å²) in [6.45, 7) is 6.65. The monoisotopic (exact) mass is 458 g/mol. The zero-order valence-electron chi connectivity index (χ0n) is 18.0. The van der Waals surface area contributed by atoms with Gasteiger partial charge >= 0.3 is 26.2 Å². The van der Waals surface area contributed by atoms with Gasteiger partial charge in [0.2, 0.25) is 0 Å². The molecule has 1 aliphatic rings. The van der Waals surface area contributed by atoms with Crippen LogP contribution in [0.25, 0.3) is 0 Å². The third-order valence-corrected chi connectivity index (χ3v) is 4.17. The molecule has 1 aliphatic carbocycles. The summed E-state index contributed by atoms with van der Waals surface area (Å²) in [5.74, 6) is 0. The zero-order valence-corrected chi connectivity index (χ0v) is 20.4. The molecule has 29 heavy (non-hydrogen) atoms. The van der Waals surface area contributed by atoms with Crippen molar-refractivity contribution in [3.8, 4) is 0 Å². The average molecular weight is 460 g/mol. The van der Waals surface area contributed by atoms with Gasteiger partial charge in [0.05, 0.1) is 0 Å². The molecule has 0 aromatic heterocycles. The summed E-state index contributed by atoms with van der Waals surface area (Å²) < 4.78 is 0. The summed E-state index contributed by atoms with van der Waals surface area (Å²) >= 11 is 0. The van der Waals surface area contributed by atoms with Gasteiger partial charge in [0.15, 0.2) is 0 Å². The molecule has 0 radical (unpaired) electrons. The molecule has 0 amide bonds. The molecule has 0 unspecified atom stereocenters. The van der Waals surface area contributed by atoms with Crippen LogP contribution in [0.3, 0.4) is 0 Å². The number of allylic oxidation sites excluding steroid dienone is 3. The minimum Gasteiger partial charge on any atom is -0.317 e. The predicted molar refractivity (Wildman–Crippen MR) is 121 cm³/mol. The molecule has 1 heteroatoms. The van der Waals surface area contributed by atoms with Crippen molar-refractivity contribution in [2.24, 2.45) is 5.41 Å². The van der Waals surface area contributed by atoms with E-state index in [1.54, 1.807) is 0 Å². The molecule has 0 atom stereocenters. The van der Waals surface area contributed by atoms with Gasteiger partial charge in [0, 0.05) is 0 Å². The minimum atomic E-state index is 0. The van der Waals surface area contributed by atoms with Crippen molar-refractivity contribution in [1.82, 2.24) is 0 Å². The Balaban J connectivity index is 0.000000311. The van der Waals surface area contributed by atoms with Gasteiger partial charge in [0.1, 0.15) is 0 Å². The van der Waals surface area contributed by atoms with E-state index in [-0.39, 0.29) is 31.6 Å². The van der Waals surface area contributed by atoms with Gasteiger partial charge in [-0.2, -0.15) is 42.0 Å². The first-order valence-corrected chi connectivity index (χ1v) is 10.2. The van der Waals surface area contributed by atoms with Crippen molar-refractivity contribution >= 4 is 0 Å². The van der Waals surface area contributed by atoms with E-state index in [1.807, 2.05) is 60.7 Å². The van der Waals surface area contributed by atoms with Crippen LogP contribution in [0.4, 0.5) is 0 Å². The third kappa shape index (κ3) is 11.8. The van der Waals surface area contributed by atoms with Crippen molar-refractivity contribution in [2.75, 3.05) is 0 Å². The van der Waals surface area contributed by atoms with E-state index in [2.05, 4.69) is 63.3 Å². The molecule has 4 rings (SSSR count). The van der Waals surface area contributed by atoms with Crippen molar-refractivity contribution < 1.29 is 26.2 Å². The Morgan fingerprint density at radius 1 is 0.690 bits per heavy atom. The van der Waals surface area contributed by atoms with E-state index in [4.69, 9.17) is 0 Å². The SMILES string of the molecule is CC(C)(C)[C-]=C1CCCCC1=[C-]c1ccccc1.[Zr+4].c1cc[cH-]c1.c1cc[cH-]c1. The molecule has 1 saturated carbocycles. The van der Waals surface area contributed by atoms with Crippen LogP contribution in [-0.2, 0) is 26.2 Å². The molecule has 3 aromatic carbocycles. The van der Waals surface area contributed by atoms with E-state index in [9.17, 15) is 0 Å². The van der Waals surface area contributed by atoms with Gasteiger partial charge in [0.25, 0.3) is 0 Å². The fourth-order valence-corrected chi connectivity index (χ4v) is 2.97. The molecule has 0 saturated heterocycles. The Bertz CT molecular complexity index is 721. The van der Waals surface area contributed by atoms with Crippen LogP contribution in [0.15, 0.2) is 102 Å². The minimum absolute atomic E-state index is 0. The third-order valence-electron chi connectivity index (χ3n) is 4.17. The van der Waals surface area contributed by atoms with Gasteiger partial charge < -0.3 is 6.08 Å². The standard InChI is InChI=1S/C18H22.2C5H5.Zr/c1-18(2,3)14-17-12-8-7-11-16(17)13-15-9-5-4-6-10-15;2*1-2-4-5-3-1;/h4-6,9-10H,7-8,11-12H2,1-3H3;2*1-5H;/q-2;2*-1;+4. The maximum Gasteiger partial charge on any atom is 4.00 e. The van der Waals surface area contributed by atoms with Crippen LogP contribution >= 0.6 is 0 Å². The smallest absolute Gasteiger partial charge is 0.317 e. The van der Waals surface area contributed by atoms with Crippen molar-refractivity contribution in [3.05, 3.63) is 120 Å². The number of hydrogen-bond donors (Lipinski definition) is 0. The summed E-state index contributed by atoms with van der Waals surface area (Å²) in [6, 6.07) is 30.4. The predicted octanol–water partition coefficient (Wildman–Crippen LogP) is 7.92. The van der Waals surface area contributed by atoms with Gasteiger partial charge in [-0.1, -0.05) is 46.1 Å². The average Bonchev–Trinajstić information content (AvgIpc) is 3.42. The van der Waals surface area contributed by atoms with Crippen molar-refractivity contribution in [1.29, 1.82) is 0 Å². The Labute approximate surface area is 197 Å². The number of benzene rings is 1. The molecule has 1 fully saturated rings. The van der Waals surface area contributed by atoms with Gasteiger partial charge in [-0.15, -0.1) is 36.1 Å². The topological polar surface area (TPSA) is 0 Å². The van der Waals surface area contributed by atoms with E-state index in [0.29, 0.717) is 0 Å². The Morgan fingerprint density at radius 2 is 1.17 bits per heavy atom. The molecule has 0 bridgehead atoms. The summed E-state index contributed by atoms with van der Waals surface area (Å²) in [5, 5.41) is 0. The first-order valence-electron chi connectivity index (χ1n) is 10.2. The maximum absolute atomic E-state index is 3.65. The summed E-state index contributed by atoms with van der Waals surface area (Å²) in [6.07, 6.45) is 12.1. The summed E-state index contributed by atoms with van der Waals surface area (Å²) in [5.41, 5.74) is 4.07. The Morgan fingerprint density at radius 3 is 1.59 bits per heavy atom. The van der Waals surface area contributed by atoms with Crippen LogP contribution in [0.1, 0.15) is 52.0 Å². The number of hydrogen-bond acceptors (Lipinski definition) is 0. The van der Waals surface area contributed by atoms with E-state index < -0.39 is 0 Å². The second-order valence-corrected chi connectivity index (χ2v) is 7.95. The molecule has 0 aliphatic heterocycles. The molecule has 0 N–H and O–H groups in total. The van der Waals surface area contributed by atoms with Crippen molar-refractivity contribution in [2.45, 2.75) is 46.5 Å². The van der Waals surface area contributed by atoms with E-state index in [0.717, 1.165) is 12.8 Å². The van der Waals surface area contributed by atoms with Gasteiger partial charge in [-0.3, -0.25) is 11.1 Å². The van der Waals surface area contributed by atoms with Crippen molar-refractivity contribution in [3.63, 3.8) is 0 Å². The van der Waals surface area contributed by atoms with Gasteiger partial charge in [-0.25, -0.2) is 30.3 Å². The van der Waals surface area contributed by atoms with E-state index >= 15 is 0 Å². The molecular weight excluding hydrogens is 428 g/mol. The quantitative estimate of drug-likeness (QED) is 0.324. The molecule has 0 spiro atoms. The Kier molecular flexibility index (Phi) is 12.5. The normalized spacial score (nSPS) is 16.1. The molecule has 0 nitrogen and oxygen atoms in total. The molecular formula is C28H32Zr. The largest absolute Gasteiger partial charge is 4.00 e. The van der Waals surface area contributed by atoms with Crippen LogP contribution < -0.4 is 0 Å². The summed E-state index contributed by atoms with van der Waals surface area (Å²) in [7, 11) is 0. The zero-order chi connectivity index (χ0) is 20.1. The van der Waals surface area contributed by atoms with Crippen LogP contribution in [-0.4, -0.2) is 0 Å². The van der Waals surface area contributed by atoms with Crippen LogP contribution in [0, 0.1) is 17.6 Å². The molecule has 0 heterocycles.